The Bertz CT molecular complexity index is 565. The second-order valence-corrected chi connectivity index (χ2v) is 4.39. The lowest BCUT2D eigenvalue weighted by Gasteiger charge is -2.01. The number of hydrogen-bond acceptors (Lipinski definition) is 5. The Balaban J connectivity index is 2.33. The fraction of sp³-hybridized carbons (Fsp3) is 0. The van der Waals surface area contributed by atoms with Gasteiger partial charge >= 0.3 is 0 Å². The summed E-state index contributed by atoms with van der Waals surface area (Å²) in [6.07, 6.45) is 1.51. The number of nitro groups is 1. The zero-order chi connectivity index (χ0) is 12.3. The molecular weight excluding hydrogens is 262 g/mol. The zero-order valence-corrected chi connectivity index (χ0v) is 9.98. The summed E-state index contributed by atoms with van der Waals surface area (Å²) in [5.41, 5.74) is 0.0484. The third-order valence-corrected chi connectivity index (χ3v) is 3.06. The second-order valence-electron chi connectivity index (χ2n) is 2.99. The third kappa shape index (κ3) is 2.92. The molecule has 1 aromatic heterocycles. The lowest BCUT2D eigenvalue weighted by Crippen LogP contribution is -1.91. The van der Waals surface area contributed by atoms with Gasteiger partial charge in [0.1, 0.15) is 5.03 Å². The molecule has 0 saturated carbocycles. The standard InChI is InChI=1S/C10H6ClN3O2S/c11-10-12-6-5-9(13-10)17-8-4-2-1-3-7(8)14(15)16/h1-6H. The van der Waals surface area contributed by atoms with Gasteiger partial charge in [0, 0.05) is 12.3 Å². The van der Waals surface area contributed by atoms with Gasteiger partial charge in [0.25, 0.3) is 5.69 Å². The first-order chi connectivity index (χ1) is 8.16. The van der Waals surface area contributed by atoms with Crippen LogP contribution in [0.15, 0.2) is 46.5 Å². The van der Waals surface area contributed by atoms with Crippen LogP contribution in [0.5, 0.6) is 0 Å². The summed E-state index contributed by atoms with van der Waals surface area (Å²) in [6, 6.07) is 8.12. The summed E-state index contributed by atoms with van der Waals surface area (Å²) in [4.78, 5) is 18.6. The summed E-state index contributed by atoms with van der Waals surface area (Å²) in [7, 11) is 0. The molecule has 0 radical (unpaired) electrons. The van der Waals surface area contributed by atoms with Crippen molar-refractivity contribution in [3.05, 3.63) is 51.9 Å². The van der Waals surface area contributed by atoms with E-state index in [9.17, 15) is 10.1 Å². The van der Waals surface area contributed by atoms with Gasteiger partial charge in [-0.25, -0.2) is 9.97 Å². The van der Waals surface area contributed by atoms with Gasteiger partial charge in [0.05, 0.1) is 9.82 Å². The number of benzene rings is 1. The van der Waals surface area contributed by atoms with E-state index in [1.165, 1.54) is 24.0 Å². The first kappa shape index (κ1) is 11.8. The Morgan fingerprint density at radius 2 is 2.06 bits per heavy atom. The molecule has 0 bridgehead atoms. The van der Waals surface area contributed by atoms with Crippen LogP contribution in [0, 0.1) is 10.1 Å². The van der Waals surface area contributed by atoms with Gasteiger partial charge in [0.15, 0.2) is 0 Å². The van der Waals surface area contributed by atoms with Crippen LogP contribution in [0.4, 0.5) is 5.69 Å². The predicted molar refractivity (Wildman–Crippen MR) is 64.3 cm³/mol. The lowest BCUT2D eigenvalue weighted by molar-refractivity contribution is -0.387. The monoisotopic (exact) mass is 267 g/mol. The topological polar surface area (TPSA) is 68.9 Å². The molecule has 0 amide bonds. The van der Waals surface area contributed by atoms with Gasteiger partial charge in [-0.2, -0.15) is 0 Å². The summed E-state index contributed by atoms with van der Waals surface area (Å²) in [6.45, 7) is 0. The molecule has 0 aliphatic heterocycles. The number of rotatable bonds is 3. The van der Waals surface area contributed by atoms with E-state index in [2.05, 4.69) is 9.97 Å². The number of halogens is 1. The Hall–Kier alpha value is -1.66. The number of nitro benzene ring substituents is 1. The maximum Gasteiger partial charge on any atom is 0.283 e. The molecule has 0 atom stereocenters. The van der Waals surface area contributed by atoms with Crippen LogP contribution in [-0.4, -0.2) is 14.9 Å². The molecule has 0 N–H and O–H groups in total. The third-order valence-electron chi connectivity index (χ3n) is 1.88. The molecule has 0 saturated heterocycles. The molecular formula is C10H6ClN3O2S. The van der Waals surface area contributed by atoms with Crippen LogP contribution >= 0.6 is 23.4 Å². The van der Waals surface area contributed by atoms with Crippen molar-refractivity contribution in [2.45, 2.75) is 9.92 Å². The van der Waals surface area contributed by atoms with Crippen molar-refractivity contribution in [3.8, 4) is 0 Å². The van der Waals surface area contributed by atoms with E-state index in [0.29, 0.717) is 9.92 Å². The quantitative estimate of drug-likeness (QED) is 0.370. The minimum Gasteiger partial charge on any atom is -0.258 e. The van der Waals surface area contributed by atoms with Gasteiger partial charge in [-0.05, 0) is 23.7 Å². The highest BCUT2D eigenvalue weighted by atomic mass is 35.5. The minimum atomic E-state index is -0.425. The van der Waals surface area contributed by atoms with Gasteiger partial charge in [-0.1, -0.05) is 23.9 Å². The van der Waals surface area contributed by atoms with Crippen molar-refractivity contribution in [1.29, 1.82) is 0 Å². The van der Waals surface area contributed by atoms with Gasteiger partial charge in [-0.3, -0.25) is 10.1 Å². The highest BCUT2D eigenvalue weighted by Gasteiger charge is 2.14. The summed E-state index contributed by atoms with van der Waals surface area (Å²) < 4.78 is 0. The van der Waals surface area contributed by atoms with Crippen LogP contribution in [0.3, 0.4) is 0 Å². The molecule has 0 unspecified atom stereocenters. The molecule has 1 aromatic carbocycles. The average Bonchev–Trinajstić information content (AvgIpc) is 2.29. The van der Waals surface area contributed by atoms with E-state index >= 15 is 0 Å². The Morgan fingerprint density at radius 3 is 2.76 bits per heavy atom. The van der Waals surface area contributed by atoms with Gasteiger partial charge in [0.2, 0.25) is 5.28 Å². The zero-order valence-electron chi connectivity index (χ0n) is 8.41. The van der Waals surface area contributed by atoms with E-state index in [0.717, 1.165) is 0 Å². The molecule has 0 aliphatic rings. The first-order valence-electron chi connectivity index (χ1n) is 4.56. The van der Waals surface area contributed by atoms with Crippen molar-refractivity contribution in [1.82, 2.24) is 9.97 Å². The fourth-order valence-electron chi connectivity index (χ4n) is 1.18. The summed E-state index contributed by atoms with van der Waals surface area (Å²) >= 11 is 6.82. The van der Waals surface area contributed by atoms with Gasteiger partial charge in [-0.15, -0.1) is 0 Å². The second kappa shape index (κ2) is 5.11. The molecule has 0 aliphatic carbocycles. The minimum absolute atomic E-state index is 0.0484. The van der Waals surface area contributed by atoms with Crippen molar-refractivity contribution in [3.63, 3.8) is 0 Å². The number of para-hydroxylation sites is 1. The van der Waals surface area contributed by atoms with E-state index in [1.54, 1.807) is 24.3 Å². The average molecular weight is 268 g/mol. The van der Waals surface area contributed by atoms with Crippen molar-refractivity contribution in [2.24, 2.45) is 0 Å². The van der Waals surface area contributed by atoms with E-state index in [-0.39, 0.29) is 11.0 Å². The highest BCUT2D eigenvalue weighted by molar-refractivity contribution is 7.99. The van der Waals surface area contributed by atoms with Crippen LogP contribution in [0.2, 0.25) is 5.28 Å². The molecule has 2 aromatic rings. The Morgan fingerprint density at radius 1 is 1.29 bits per heavy atom. The van der Waals surface area contributed by atoms with E-state index in [4.69, 9.17) is 11.6 Å². The van der Waals surface area contributed by atoms with Crippen molar-refractivity contribution in [2.75, 3.05) is 0 Å². The molecule has 1 heterocycles. The maximum atomic E-state index is 10.8. The van der Waals surface area contributed by atoms with Crippen molar-refractivity contribution < 1.29 is 4.92 Å². The predicted octanol–water partition coefficient (Wildman–Crippen LogP) is 3.19. The highest BCUT2D eigenvalue weighted by Crippen LogP contribution is 2.33. The molecule has 0 spiro atoms. The smallest absolute Gasteiger partial charge is 0.258 e. The molecule has 86 valence electrons. The van der Waals surface area contributed by atoms with E-state index < -0.39 is 4.92 Å². The fourth-order valence-corrected chi connectivity index (χ4v) is 2.26. The Kier molecular flexibility index (Phi) is 3.55. The van der Waals surface area contributed by atoms with Crippen molar-refractivity contribution >= 4 is 29.1 Å². The number of hydrogen-bond donors (Lipinski definition) is 0. The summed E-state index contributed by atoms with van der Waals surface area (Å²) in [5.74, 6) is 0. The van der Waals surface area contributed by atoms with Crippen LogP contribution < -0.4 is 0 Å². The first-order valence-corrected chi connectivity index (χ1v) is 5.76. The van der Waals surface area contributed by atoms with Gasteiger partial charge < -0.3 is 0 Å². The SMILES string of the molecule is O=[N+]([O-])c1ccccc1Sc1ccnc(Cl)n1. The lowest BCUT2D eigenvalue weighted by atomic mass is 10.3. The maximum absolute atomic E-state index is 10.8. The normalized spacial score (nSPS) is 10.2. The molecule has 7 heteroatoms. The molecule has 0 fully saturated rings. The Labute approximate surface area is 106 Å². The van der Waals surface area contributed by atoms with E-state index in [1.807, 2.05) is 0 Å². The van der Waals surface area contributed by atoms with Crippen LogP contribution in [-0.2, 0) is 0 Å². The number of aromatic nitrogens is 2. The van der Waals surface area contributed by atoms with Crippen LogP contribution in [0.25, 0.3) is 0 Å². The van der Waals surface area contributed by atoms with Crippen LogP contribution in [0.1, 0.15) is 0 Å². The largest absolute Gasteiger partial charge is 0.283 e. The summed E-state index contributed by atoms with van der Waals surface area (Å²) in [5, 5.41) is 11.5. The molecule has 17 heavy (non-hydrogen) atoms. The molecule has 5 nitrogen and oxygen atoms in total. The molecule has 2 rings (SSSR count). The number of nitrogens with zero attached hydrogens (tertiary/aromatic N) is 3.